The van der Waals surface area contributed by atoms with Crippen molar-refractivity contribution in [1.29, 1.82) is 0 Å². The molecule has 2 aromatic carbocycles. The molecule has 1 atom stereocenters. The van der Waals surface area contributed by atoms with Crippen LogP contribution in [0.3, 0.4) is 0 Å². The SMILES string of the molecule is CCOC(=O)C(C)=Cc1cccc(C(C)(CCC(=O)C(C)(C)COCc2ccccc2)C(=O)OC(C)(C)C)c1. The second-order valence-corrected chi connectivity index (χ2v) is 11.8. The average molecular weight is 537 g/mol. The minimum atomic E-state index is -1.08. The largest absolute Gasteiger partial charge is 0.463 e. The summed E-state index contributed by atoms with van der Waals surface area (Å²) < 4.78 is 16.8. The van der Waals surface area contributed by atoms with Crippen molar-refractivity contribution in [2.75, 3.05) is 13.2 Å². The van der Waals surface area contributed by atoms with Crippen LogP contribution >= 0.6 is 0 Å². The van der Waals surface area contributed by atoms with E-state index in [1.807, 2.05) is 96.1 Å². The summed E-state index contributed by atoms with van der Waals surface area (Å²) in [5.74, 6) is -0.774. The highest BCUT2D eigenvalue weighted by atomic mass is 16.6. The van der Waals surface area contributed by atoms with Gasteiger partial charge in [0.25, 0.3) is 0 Å². The van der Waals surface area contributed by atoms with Crippen molar-refractivity contribution < 1.29 is 28.6 Å². The summed E-state index contributed by atoms with van der Waals surface area (Å²) >= 11 is 0. The Labute approximate surface area is 233 Å². The van der Waals surface area contributed by atoms with E-state index in [1.54, 1.807) is 19.9 Å². The molecule has 2 rings (SSSR count). The van der Waals surface area contributed by atoms with Crippen LogP contribution in [0.2, 0.25) is 0 Å². The molecule has 0 fully saturated rings. The monoisotopic (exact) mass is 536 g/mol. The fourth-order valence-electron chi connectivity index (χ4n) is 4.06. The Hall–Kier alpha value is -3.25. The highest BCUT2D eigenvalue weighted by Crippen LogP contribution is 2.35. The van der Waals surface area contributed by atoms with Crippen molar-refractivity contribution in [3.63, 3.8) is 0 Å². The van der Waals surface area contributed by atoms with E-state index in [-0.39, 0.29) is 31.2 Å². The summed E-state index contributed by atoms with van der Waals surface area (Å²) in [6.45, 7) is 15.5. The number of ether oxygens (including phenoxy) is 3. The topological polar surface area (TPSA) is 78.9 Å². The molecule has 0 aromatic heterocycles. The van der Waals surface area contributed by atoms with Crippen LogP contribution in [-0.4, -0.2) is 36.5 Å². The first kappa shape index (κ1) is 32.0. The third-order valence-electron chi connectivity index (χ3n) is 6.54. The van der Waals surface area contributed by atoms with Gasteiger partial charge in [-0.05, 0) is 70.7 Å². The van der Waals surface area contributed by atoms with Crippen LogP contribution in [0.25, 0.3) is 6.08 Å². The number of benzene rings is 2. The lowest BCUT2D eigenvalue weighted by Gasteiger charge is -2.33. The molecule has 0 amide bonds. The predicted octanol–water partition coefficient (Wildman–Crippen LogP) is 6.84. The van der Waals surface area contributed by atoms with Crippen molar-refractivity contribution in [3.05, 3.63) is 76.9 Å². The van der Waals surface area contributed by atoms with Gasteiger partial charge in [-0.3, -0.25) is 9.59 Å². The Kier molecular flexibility index (Phi) is 11.2. The van der Waals surface area contributed by atoms with Crippen LogP contribution in [0, 0.1) is 5.41 Å². The molecule has 6 heteroatoms. The smallest absolute Gasteiger partial charge is 0.333 e. The molecular formula is C33H44O6. The third-order valence-corrected chi connectivity index (χ3v) is 6.54. The fraction of sp³-hybridized carbons (Fsp3) is 0.485. The molecular weight excluding hydrogens is 492 g/mol. The number of Topliss-reactive ketones (excluding diaryl/α,β-unsaturated/α-hetero) is 1. The maximum Gasteiger partial charge on any atom is 0.333 e. The maximum atomic E-state index is 13.6. The maximum absolute atomic E-state index is 13.6. The summed E-state index contributed by atoms with van der Waals surface area (Å²) in [6.07, 6.45) is 2.18. The van der Waals surface area contributed by atoms with E-state index in [9.17, 15) is 14.4 Å². The molecule has 0 heterocycles. The molecule has 2 aromatic rings. The van der Waals surface area contributed by atoms with Crippen molar-refractivity contribution in [2.45, 2.75) is 85.9 Å². The molecule has 0 aliphatic heterocycles. The van der Waals surface area contributed by atoms with Gasteiger partial charge in [0.15, 0.2) is 0 Å². The Morgan fingerprint density at radius 1 is 0.897 bits per heavy atom. The number of hydrogen-bond donors (Lipinski definition) is 0. The van der Waals surface area contributed by atoms with Crippen LogP contribution < -0.4 is 0 Å². The van der Waals surface area contributed by atoms with E-state index in [0.29, 0.717) is 24.4 Å². The molecule has 39 heavy (non-hydrogen) atoms. The van der Waals surface area contributed by atoms with Crippen LogP contribution in [0.5, 0.6) is 0 Å². The van der Waals surface area contributed by atoms with E-state index in [0.717, 1.165) is 11.1 Å². The standard InChI is InChI=1S/C33H44O6/c1-9-38-29(35)24(2)20-26-16-13-17-27(21-26)33(8,30(36)39-31(3,4)5)19-18-28(34)32(6,7)23-37-22-25-14-11-10-12-15-25/h10-17,20-21H,9,18-19,22-23H2,1-8H3. The van der Waals surface area contributed by atoms with Crippen molar-refractivity contribution in [3.8, 4) is 0 Å². The fourth-order valence-corrected chi connectivity index (χ4v) is 4.06. The van der Waals surface area contributed by atoms with Crippen LogP contribution in [-0.2, 0) is 40.6 Å². The zero-order valence-electron chi connectivity index (χ0n) is 24.8. The normalized spacial score (nSPS) is 13.9. The number of carbonyl (C=O) groups excluding carboxylic acids is 3. The van der Waals surface area contributed by atoms with E-state index in [4.69, 9.17) is 14.2 Å². The van der Waals surface area contributed by atoms with Gasteiger partial charge in [0, 0.05) is 17.4 Å². The Morgan fingerprint density at radius 2 is 1.56 bits per heavy atom. The molecule has 0 spiro atoms. The molecule has 212 valence electrons. The van der Waals surface area contributed by atoms with Crippen LogP contribution in [0.4, 0.5) is 0 Å². The van der Waals surface area contributed by atoms with Gasteiger partial charge >= 0.3 is 11.9 Å². The first-order valence-corrected chi connectivity index (χ1v) is 13.5. The number of ketones is 1. The van der Waals surface area contributed by atoms with E-state index in [1.165, 1.54) is 0 Å². The van der Waals surface area contributed by atoms with Gasteiger partial charge in [-0.15, -0.1) is 0 Å². The zero-order valence-corrected chi connectivity index (χ0v) is 24.8. The van der Waals surface area contributed by atoms with Gasteiger partial charge < -0.3 is 14.2 Å². The van der Waals surface area contributed by atoms with Crippen LogP contribution in [0.15, 0.2) is 60.2 Å². The molecule has 1 unspecified atom stereocenters. The summed E-state index contributed by atoms with van der Waals surface area (Å²) in [6, 6.07) is 17.3. The number of hydrogen-bond acceptors (Lipinski definition) is 6. The van der Waals surface area contributed by atoms with Gasteiger partial charge in [-0.1, -0.05) is 68.4 Å². The van der Waals surface area contributed by atoms with Crippen molar-refractivity contribution >= 4 is 23.8 Å². The molecule has 0 bridgehead atoms. The van der Waals surface area contributed by atoms with Gasteiger partial charge in [0.1, 0.15) is 11.4 Å². The Balaban J connectivity index is 2.25. The second kappa shape index (κ2) is 13.7. The summed E-state index contributed by atoms with van der Waals surface area (Å²) in [5, 5.41) is 0. The highest BCUT2D eigenvalue weighted by Gasteiger charge is 2.40. The molecule has 0 saturated heterocycles. The van der Waals surface area contributed by atoms with Gasteiger partial charge in [0.05, 0.1) is 25.2 Å². The second-order valence-electron chi connectivity index (χ2n) is 11.8. The molecule has 0 aliphatic rings. The number of carbonyl (C=O) groups is 3. The summed E-state index contributed by atoms with van der Waals surface area (Å²) in [5.41, 5.74) is 0.495. The number of rotatable bonds is 13. The molecule has 6 nitrogen and oxygen atoms in total. The lowest BCUT2D eigenvalue weighted by Crippen LogP contribution is -2.40. The zero-order chi connectivity index (χ0) is 29.3. The first-order valence-electron chi connectivity index (χ1n) is 13.5. The van der Waals surface area contributed by atoms with Gasteiger partial charge in [-0.2, -0.15) is 0 Å². The van der Waals surface area contributed by atoms with Crippen molar-refractivity contribution in [1.82, 2.24) is 0 Å². The quantitative estimate of drug-likeness (QED) is 0.206. The lowest BCUT2D eigenvalue weighted by atomic mass is 9.75. The summed E-state index contributed by atoms with van der Waals surface area (Å²) in [7, 11) is 0. The number of esters is 2. The average Bonchev–Trinajstić information content (AvgIpc) is 2.86. The first-order chi connectivity index (χ1) is 18.2. The summed E-state index contributed by atoms with van der Waals surface area (Å²) in [4.78, 5) is 39.0. The van der Waals surface area contributed by atoms with Crippen molar-refractivity contribution in [2.24, 2.45) is 5.41 Å². The minimum absolute atomic E-state index is 0.0135. The van der Waals surface area contributed by atoms with E-state index < -0.39 is 22.4 Å². The van der Waals surface area contributed by atoms with Gasteiger partial charge in [-0.25, -0.2) is 4.79 Å². The Bertz CT molecular complexity index is 1160. The molecule has 0 radical (unpaired) electrons. The molecule has 0 saturated carbocycles. The molecule has 0 N–H and O–H groups in total. The van der Waals surface area contributed by atoms with E-state index >= 15 is 0 Å². The molecule has 0 aliphatic carbocycles. The lowest BCUT2D eigenvalue weighted by molar-refractivity contribution is -0.162. The highest BCUT2D eigenvalue weighted by molar-refractivity contribution is 5.93. The van der Waals surface area contributed by atoms with Gasteiger partial charge in [0.2, 0.25) is 0 Å². The minimum Gasteiger partial charge on any atom is -0.463 e. The third kappa shape index (κ3) is 9.77. The van der Waals surface area contributed by atoms with Crippen LogP contribution in [0.1, 0.15) is 84.9 Å². The Morgan fingerprint density at radius 3 is 2.18 bits per heavy atom. The predicted molar refractivity (Wildman–Crippen MR) is 154 cm³/mol. The van der Waals surface area contributed by atoms with E-state index in [2.05, 4.69) is 0 Å².